The summed E-state index contributed by atoms with van der Waals surface area (Å²) in [5.41, 5.74) is 0.631. The number of aromatic nitrogens is 1. The number of hydrogen-bond donors (Lipinski definition) is 2. The van der Waals surface area contributed by atoms with Crippen molar-refractivity contribution in [2.24, 2.45) is 5.92 Å². The summed E-state index contributed by atoms with van der Waals surface area (Å²) in [6.07, 6.45) is 4.05. The molecule has 2 heterocycles. The van der Waals surface area contributed by atoms with Gasteiger partial charge in [-0.3, -0.25) is 4.79 Å². The third kappa shape index (κ3) is 4.42. The van der Waals surface area contributed by atoms with Crippen LogP contribution >= 0.6 is 11.8 Å². The SMILES string of the molecule is CCNc1ccc(C(=O)NCC2CCSCC2)cn1. The molecule has 0 unspecified atom stereocenters. The highest BCUT2D eigenvalue weighted by Gasteiger charge is 2.15. The minimum Gasteiger partial charge on any atom is -0.370 e. The van der Waals surface area contributed by atoms with Crippen LogP contribution in [-0.2, 0) is 0 Å². The van der Waals surface area contributed by atoms with Crippen molar-refractivity contribution in [2.45, 2.75) is 19.8 Å². The highest BCUT2D eigenvalue weighted by atomic mass is 32.2. The van der Waals surface area contributed by atoms with E-state index in [-0.39, 0.29) is 5.91 Å². The maximum atomic E-state index is 12.0. The molecule has 0 aliphatic carbocycles. The van der Waals surface area contributed by atoms with E-state index < -0.39 is 0 Å². The van der Waals surface area contributed by atoms with Crippen molar-refractivity contribution in [3.63, 3.8) is 0 Å². The van der Waals surface area contributed by atoms with Crippen molar-refractivity contribution in [1.29, 1.82) is 0 Å². The summed E-state index contributed by atoms with van der Waals surface area (Å²) in [5.74, 6) is 3.87. The average Bonchev–Trinajstić information content (AvgIpc) is 2.47. The highest BCUT2D eigenvalue weighted by Crippen LogP contribution is 2.21. The Hall–Kier alpha value is -1.23. The van der Waals surface area contributed by atoms with Crippen LogP contribution in [0, 0.1) is 5.92 Å². The van der Waals surface area contributed by atoms with E-state index in [4.69, 9.17) is 0 Å². The number of pyridine rings is 1. The third-order valence-corrected chi connectivity index (χ3v) is 4.32. The molecule has 104 valence electrons. The number of carbonyl (C=O) groups excluding carboxylic acids is 1. The molecule has 0 bridgehead atoms. The first-order valence-corrected chi connectivity index (χ1v) is 8.01. The zero-order valence-electron chi connectivity index (χ0n) is 11.3. The molecule has 2 rings (SSSR count). The molecule has 19 heavy (non-hydrogen) atoms. The van der Waals surface area contributed by atoms with Crippen LogP contribution in [0.3, 0.4) is 0 Å². The number of thioether (sulfide) groups is 1. The van der Waals surface area contributed by atoms with Crippen molar-refractivity contribution in [3.8, 4) is 0 Å². The molecule has 0 spiro atoms. The summed E-state index contributed by atoms with van der Waals surface area (Å²) in [7, 11) is 0. The largest absolute Gasteiger partial charge is 0.370 e. The molecule has 5 heteroatoms. The summed E-state index contributed by atoms with van der Waals surface area (Å²) >= 11 is 2.01. The second-order valence-corrected chi connectivity index (χ2v) is 5.95. The molecule has 1 aromatic rings. The molecule has 2 N–H and O–H groups in total. The van der Waals surface area contributed by atoms with E-state index in [1.165, 1.54) is 24.3 Å². The van der Waals surface area contributed by atoms with Crippen LogP contribution in [0.25, 0.3) is 0 Å². The molecular formula is C14H21N3OS. The van der Waals surface area contributed by atoms with Gasteiger partial charge in [0.15, 0.2) is 0 Å². The first-order chi connectivity index (χ1) is 9.29. The van der Waals surface area contributed by atoms with Crippen LogP contribution < -0.4 is 10.6 Å². The second kappa shape index (κ2) is 7.38. The van der Waals surface area contributed by atoms with E-state index in [0.717, 1.165) is 18.9 Å². The molecule has 1 aliphatic heterocycles. The highest BCUT2D eigenvalue weighted by molar-refractivity contribution is 7.99. The lowest BCUT2D eigenvalue weighted by Gasteiger charge is -2.21. The van der Waals surface area contributed by atoms with E-state index in [1.54, 1.807) is 6.20 Å². The lowest BCUT2D eigenvalue weighted by molar-refractivity contribution is 0.0946. The van der Waals surface area contributed by atoms with Crippen LogP contribution in [0.1, 0.15) is 30.1 Å². The number of hydrogen-bond acceptors (Lipinski definition) is 4. The molecule has 0 atom stereocenters. The molecule has 4 nitrogen and oxygen atoms in total. The number of amides is 1. The smallest absolute Gasteiger partial charge is 0.252 e. The maximum Gasteiger partial charge on any atom is 0.252 e. The predicted octanol–water partition coefficient (Wildman–Crippen LogP) is 2.39. The molecule has 0 saturated carbocycles. The first-order valence-electron chi connectivity index (χ1n) is 6.85. The third-order valence-electron chi connectivity index (χ3n) is 3.28. The van der Waals surface area contributed by atoms with Gasteiger partial charge in [-0.1, -0.05) is 0 Å². The van der Waals surface area contributed by atoms with Gasteiger partial charge in [-0.2, -0.15) is 11.8 Å². The lowest BCUT2D eigenvalue weighted by atomic mass is 10.0. The Morgan fingerprint density at radius 3 is 2.84 bits per heavy atom. The van der Waals surface area contributed by atoms with Crippen molar-refractivity contribution >= 4 is 23.5 Å². The van der Waals surface area contributed by atoms with E-state index >= 15 is 0 Å². The normalized spacial score (nSPS) is 16.1. The minimum absolute atomic E-state index is 0.0197. The van der Waals surface area contributed by atoms with E-state index in [2.05, 4.69) is 15.6 Å². The average molecular weight is 279 g/mol. The van der Waals surface area contributed by atoms with Gasteiger partial charge in [-0.05, 0) is 49.3 Å². The maximum absolute atomic E-state index is 12.0. The van der Waals surface area contributed by atoms with Gasteiger partial charge >= 0.3 is 0 Å². The lowest BCUT2D eigenvalue weighted by Crippen LogP contribution is -2.31. The standard InChI is InChI=1S/C14H21N3OS/c1-2-15-13-4-3-12(10-16-13)14(18)17-9-11-5-7-19-8-6-11/h3-4,10-11H,2,5-9H2,1H3,(H,15,16)(H,17,18). The number of rotatable bonds is 5. The van der Waals surface area contributed by atoms with Crippen LogP contribution in [0.4, 0.5) is 5.82 Å². The summed E-state index contributed by atoms with van der Waals surface area (Å²) in [6.45, 7) is 3.64. The first kappa shape index (κ1) is 14.2. The topological polar surface area (TPSA) is 54.0 Å². The van der Waals surface area contributed by atoms with Crippen molar-refractivity contribution in [2.75, 3.05) is 29.9 Å². The Morgan fingerprint density at radius 2 is 2.21 bits per heavy atom. The Kier molecular flexibility index (Phi) is 5.51. The van der Waals surface area contributed by atoms with E-state index in [0.29, 0.717) is 11.5 Å². The molecular weight excluding hydrogens is 258 g/mol. The van der Waals surface area contributed by atoms with Gasteiger partial charge < -0.3 is 10.6 Å². The Balaban J connectivity index is 1.81. The number of nitrogens with one attached hydrogen (secondary N) is 2. The summed E-state index contributed by atoms with van der Waals surface area (Å²) in [5, 5.41) is 6.12. The van der Waals surface area contributed by atoms with Gasteiger partial charge in [0.1, 0.15) is 5.82 Å². The predicted molar refractivity (Wildman–Crippen MR) is 80.8 cm³/mol. The Bertz CT molecular complexity index is 402. The molecule has 0 aromatic carbocycles. The van der Waals surface area contributed by atoms with Gasteiger partial charge in [0.2, 0.25) is 0 Å². The van der Waals surface area contributed by atoms with Gasteiger partial charge in [-0.15, -0.1) is 0 Å². The van der Waals surface area contributed by atoms with Gasteiger partial charge in [-0.25, -0.2) is 4.98 Å². The fourth-order valence-electron chi connectivity index (χ4n) is 2.10. The van der Waals surface area contributed by atoms with Crippen LogP contribution in [0.2, 0.25) is 0 Å². The van der Waals surface area contributed by atoms with Crippen LogP contribution in [-0.4, -0.2) is 35.5 Å². The number of carbonyl (C=O) groups is 1. The summed E-state index contributed by atoms with van der Waals surface area (Å²) < 4.78 is 0. The second-order valence-electron chi connectivity index (χ2n) is 4.73. The molecule has 1 fully saturated rings. The van der Waals surface area contributed by atoms with Crippen molar-refractivity contribution in [1.82, 2.24) is 10.3 Å². The summed E-state index contributed by atoms with van der Waals surface area (Å²) in [4.78, 5) is 16.2. The Labute approximate surface area is 118 Å². The molecule has 0 radical (unpaired) electrons. The number of nitrogens with zero attached hydrogens (tertiary/aromatic N) is 1. The fourth-order valence-corrected chi connectivity index (χ4v) is 3.31. The Morgan fingerprint density at radius 1 is 1.42 bits per heavy atom. The molecule has 1 amide bonds. The number of anilines is 1. The van der Waals surface area contributed by atoms with Crippen molar-refractivity contribution in [3.05, 3.63) is 23.9 Å². The summed E-state index contributed by atoms with van der Waals surface area (Å²) in [6, 6.07) is 3.66. The van der Waals surface area contributed by atoms with E-state index in [1.807, 2.05) is 30.8 Å². The van der Waals surface area contributed by atoms with Gasteiger partial charge in [0, 0.05) is 19.3 Å². The van der Waals surface area contributed by atoms with Gasteiger partial charge in [0.05, 0.1) is 5.56 Å². The zero-order valence-corrected chi connectivity index (χ0v) is 12.1. The van der Waals surface area contributed by atoms with E-state index in [9.17, 15) is 4.79 Å². The molecule has 1 aliphatic rings. The molecule has 1 saturated heterocycles. The quantitative estimate of drug-likeness (QED) is 0.869. The fraction of sp³-hybridized carbons (Fsp3) is 0.571. The van der Waals surface area contributed by atoms with Gasteiger partial charge in [0.25, 0.3) is 5.91 Å². The minimum atomic E-state index is -0.0197. The monoisotopic (exact) mass is 279 g/mol. The zero-order chi connectivity index (χ0) is 13.5. The van der Waals surface area contributed by atoms with Crippen molar-refractivity contribution < 1.29 is 4.79 Å². The van der Waals surface area contributed by atoms with Crippen LogP contribution in [0.5, 0.6) is 0 Å². The molecule has 1 aromatic heterocycles. The van der Waals surface area contributed by atoms with Crippen LogP contribution in [0.15, 0.2) is 18.3 Å².